The zero-order chi connectivity index (χ0) is 13.7. The second-order valence-electron chi connectivity index (χ2n) is 4.58. The molecule has 0 radical (unpaired) electrons. The van der Waals surface area contributed by atoms with Gasteiger partial charge < -0.3 is 10.1 Å². The second-order valence-corrected chi connectivity index (χ2v) is 7.69. The van der Waals surface area contributed by atoms with Crippen LogP contribution >= 0.6 is 11.3 Å². The summed E-state index contributed by atoms with van der Waals surface area (Å²) < 4.78 is 32.6. The third-order valence-electron chi connectivity index (χ3n) is 2.88. The van der Waals surface area contributed by atoms with Gasteiger partial charge >= 0.3 is 0 Å². The molecule has 108 valence electrons. The fourth-order valence-corrected chi connectivity index (χ4v) is 4.49. The van der Waals surface area contributed by atoms with E-state index in [2.05, 4.69) is 17.0 Å². The average Bonchev–Trinajstić information content (AvgIpc) is 3.00. The smallest absolute Gasteiger partial charge is 0.250 e. The predicted molar refractivity (Wildman–Crippen MR) is 75.9 cm³/mol. The van der Waals surface area contributed by atoms with E-state index in [1.165, 1.54) is 11.3 Å². The number of hydrogen-bond donors (Lipinski definition) is 2. The first kappa shape index (κ1) is 14.9. The lowest BCUT2D eigenvalue weighted by Gasteiger charge is -2.09. The molecule has 1 unspecified atom stereocenters. The molecule has 2 rings (SSSR count). The van der Waals surface area contributed by atoms with Crippen LogP contribution in [-0.2, 0) is 21.3 Å². The highest BCUT2D eigenvalue weighted by Gasteiger charge is 2.24. The Morgan fingerprint density at radius 2 is 2.32 bits per heavy atom. The van der Waals surface area contributed by atoms with Gasteiger partial charge in [0.05, 0.1) is 6.61 Å². The Labute approximate surface area is 118 Å². The van der Waals surface area contributed by atoms with E-state index in [4.69, 9.17) is 4.74 Å². The molecule has 0 amide bonds. The van der Waals surface area contributed by atoms with Crippen molar-refractivity contribution in [2.24, 2.45) is 0 Å². The SMILES string of the molecule is CCCNCc1ccc(S(=O)(=O)NC2CCOC2)s1. The van der Waals surface area contributed by atoms with Gasteiger partial charge in [-0.1, -0.05) is 6.92 Å². The van der Waals surface area contributed by atoms with Crippen LogP contribution in [-0.4, -0.2) is 34.2 Å². The van der Waals surface area contributed by atoms with Crippen LogP contribution in [0.15, 0.2) is 16.3 Å². The van der Waals surface area contributed by atoms with Crippen molar-refractivity contribution in [2.75, 3.05) is 19.8 Å². The fourth-order valence-electron chi connectivity index (χ4n) is 1.89. The maximum absolute atomic E-state index is 12.2. The van der Waals surface area contributed by atoms with Crippen LogP contribution in [0.25, 0.3) is 0 Å². The molecule has 0 aliphatic carbocycles. The van der Waals surface area contributed by atoms with E-state index in [9.17, 15) is 8.42 Å². The zero-order valence-corrected chi connectivity index (χ0v) is 12.6. The van der Waals surface area contributed by atoms with Gasteiger partial charge in [-0.05, 0) is 31.5 Å². The van der Waals surface area contributed by atoms with Crippen molar-refractivity contribution in [3.05, 3.63) is 17.0 Å². The lowest BCUT2D eigenvalue weighted by Crippen LogP contribution is -2.34. The molecule has 1 atom stereocenters. The Morgan fingerprint density at radius 1 is 1.47 bits per heavy atom. The predicted octanol–water partition coefficient (Wildman–Crippen LogP) is 1.31. The largest absolute Gasteiger partial charge is 0.380 e. The van der Waals surface area contributed by atoms with Gasteiger partial charge in [-0.25, -0.2) is 13.1 Å². The standard InChI is InChI=1S/C12H20N2O3S2/c1-2-6-13-8-11-3-4-12(18-11)19(15,16)14-10-5-7-17-9-10/h3-4,10,13-14H,2,5-9H2,1H3. The zero-order valence-electron chi connectivity index (χ0n) is 11.0. The van der Waals surface area contributed by atoms with Crippen LogP contribution in [0.2, 0.25) is 0 Å². The molecule has 2 N–H and O–H groups in total. The first-order chi connectivity index (χ1) is 9.12. The number of rotatable bonds is 7. The van der Waals surface area contributed by atoms with Gasteiger partial charge in [-0.3, -0.25) is 0 Å². The van der Waals surface area contributed by atoms with Crippen molar-refractivity contribution in [3.63, 3.8) is 0 Å². The topological polar surface area (TPSA) is 67.4 Å². The van der Waals surface area contributed by atoms with Crippen molar-refractivity contribution < 1.29 is 13.2 Å². The van der Waals surface area contributed by atoms with E-state index in [1.54, 1.807) is 6.07 Å². The van der Waals surface area contributed by atoms with Gasteiger partial charge in [0.25, 0.3) is 0 Å². The van der Waals surface area contributed by atoms with Crippen molar-refractivity contribution >= 4 is 21.4 Å². The lowest BCUT2D eigenvalue weighted by atomic mass is 10.3. The van der Waals surface area contributed by atoms with Crippen LogP contribution in [0.1, 0.15) is 24.6 Å². The highest BCUT2D eigenvalue weighted by Crippen LogP contribution is 2.22. The number of ether oxygens (including phenoxy) is 1. The minimum absolute atomic E-state index is 0.0891. The molecule has 2 heterocycles. The average molecular weight is 304 g/mol. The summed E-state index contributed by atoms with van der Waals surface area (Å²) >= 11 is 1.32. The molecule has 5 nitrogen and oxygen atoms in total. The van der Waals surface area contributed by atoms with E-state index in [0.717, 1.165) is 30.8 Å². The van der Waals surface area contributed by atoms with Crippen LogP contribution in [0, 0.1) is 0 Å². The van der Waals surface area contributed by atoms with E-state index >= 15 is 0 Å². The Kier molecular flexibility index (Phi) is 5.35. The Bertz CT molecular complexity index is 493. The van der Waals surface area contributed by atoms with E-state index in [0.29, 0.717) is 17.4 Å². The molecular formula is C12H20N2O3S2. The third kappa shape index (κ3) is 4.25. The Balaban J connectivity index is 1.95. The Hall–Kier alpha value is -0.470. The molecular weight excluding hydrogens is 284 g/mol. The highest BCUT2D eigenvalue weighted by molar-refractivity contribution is 7.91. The third-order valence-corrected chi connectivity index (χ3v) is 5.98. The van der Waals surface area contributed by atoms with Crippen molar-refractivity contribution in [1.82, 2.24) is 10.0 Å². The molecule has 1 saturated heterocycles. The molecule has 0 saturated carbocycles. The van der Waals surface area contributed by atoms with Crippen molar-refractivity contribution in [3.8, 4) is 0 Å². The minimum atomic E-state index is -3.39. The molecule has 1 fully saturated rings. The number of nitrogens with one attached hydrogen (secondary N) is 2. The summed E-state index contributed by atoms with van der Waals surface area (Å²) in [4.78, 5) is 1.04. The van der Waals surface area contributed by atoms with Gasteiger partial charge in [0, 0.05) is 24.1 Å². The van der Waals surface area contributed by atoms with Crippen LogP contribution in [0.3, 0.4) is 0 Å². The first-order valence-corrected chi connectivity index (χ1v) is 8.81. The summed E-state index contributed by atoms with van der Waals surface area (Å²) in [5, 5.41) is 3.26. The van der Waals surface area contributed by atoms with Gasteiger partial charge in [0.15, 0.2) is 0 Å². The summed E-state index contributed by atoms with van der Waals surface area (Å²) in [7, 11) is -3.39. The minimum Gasteiger partial charge on any atom is -0.380 e. The summed E-state index contributed by atoms with van der Waals surface area (Å²) in [6, 6.07) is 3.45. The fraction of sp³-hybridized carbons (Fsp3) is 0.667. The molecule has 1 aliphatic heterocycles. The Morgan fingerprint density at radius 3 is 3.00 bits per heavy atom. The number of sulfonamides is 1. The monoisotopic (exact) mass is 304 g/mol. The summed E-state index contributed by atoms with van der Waals surface area (Å²) in [6.45, 7) is 4.86. The summed E-state index contributed by atoms with van der Waals surface area (Å²) in [5.74, 6) is 0. The molecule has 1 aliphatic rings. The van der Waals surface area contributed by atoms with E-state index < -0.39 is 10.0 Å². The summed E-state index contributed by atoms with van der Waals surface area (Å²) in [6.07, 6.45) is 1.81. The molecule has 0 spiro atoms. The molecule has 7 heteroatoms. The number of thiophene rings is 1. The van der Waals surface area contributed by atoms with Crippen molar-refractivity contribution in [2.45, 2.75) is 36.6 Å². The quantitative estimate of drug-likeness (QED) is 0.746. The normalized spacial score (nSPS) is 19.9. The van der Waals surface area contributed by atoms with Gasteiger partial charge in [0.1, 0.15) is 4.21 Å². The van der Waals surface area contributed by atoms with E-state index in [1.807, 2.05) is 6.07 Å². The van der Waals surface area contributed by atoms with Gasteiger partial charge in [0.2, 0.25) is 10.0 Å². The lowest BCUT2D eigenvalue weighted by molar-refractivity contribution is 0.192. The van der Waals surface area contributed by atoms with Crippen LogP contribution in [0.4, 0.5) is 0 Å². The van der Waals surface area contributed by atoms with Gasteiger partial charge in [-0.2, -0.15) is 0 Å². The molecule has 1 aromatic rings. The van der Waals surface area contributed by atoms with Crippen molar-refractivity contribution in [1.29, 1.82) is 0 Å². The van der Waals surface area contributed by atoms with E-state index in [-0.39, 0.29) is 6.04 Å². The molecule has 0 bridgehead atoms. The second kappa shape index (κ2) is 6.81. The van der Waals surface area contributed by atoms with Crippen LogP contribution in [0.5, 0.6) is 0 Å². The van der Waals surface area contributed by atoms with Crippen LogP contribution < -0.4 is 10.0 Å². The first-order valence-electron chi connectivity index (χ1n) is 6.51. The maximum atomic E-state index is 12.2. The highest BCUT2D eigenvalue weighted by atomic mass is 32.2. The maximum Gasteiger partial charge on any atom is 0.250 e. The molecule has 19 heavy (non-hydrogen) atoms. The molecule has 0 aromatic carbocycles. The number of hydrogen-bond acceptors (Lipinski definition) is 5. The van der Waals surface area contributed by atoms with Gasteiger partial charge in [-0.15, -0.1) is 11.3 Å². The molecule has 1 aromatic heterocycles. The summed E-state index contributed by atoms with van der Waals surface area (Å²) in [5.41, 5.74) is 0.